The summed E-state index contributed by atoms with van der Waals surface area (Å²) in [5.74, 6) is 0.493. The van der Waals surface area contributed by atoms with Crippen molar-refractivity contribution in [3.63, 3.8) is 0 Å². The van der Waals surface area contributed by atoms with Gasteiger partial charge in [0.1, 0.15) is 0 Å². The van der Waals surface area contributed by atoms with Crippen LogP contribution >= 0.6 is 0 Å². The maximum atomic E-state index is 4.18. The zero-order chi connectivity index (χ0) is 9.10. The van der Waals surface area contributed by atoms with Gasteiger partial charge in [-0.25, -0.2) is 9.97 Å². The minimum Gasteiger partial charge on any atom is -0.507 e. The Morgan fingerprint density at radius 1 is 1.27 bits per heavy atom. The van der Waals surface area contributed by atoms with Gasteiger partial charge in [-0.1, -0.05) is 0 Å². The van der Waals surface area contributed by atoms with E-state index in [-0.39, 0.29) is 28.5 Å². The first-order valence-electron chi connectivity index (χ1n) is 3.76. The maximum Gasteiger partial charge on any atom is 2.00 e. The van der Waals surface area contributed by atoms with E-state index in [0.717, 1.165) is 11.4 Å². The average molecular weight is 373 g/mol. The van der Waals surface area contributed by atoms with Crippen LogP contribution in [0.1, 0.15) is 0 Å². The Bertz CT molecular complexity index is 387. The van der Waals surface area contributed by atoms with Gasteiger partial charge < -0.3 is 12.7 Å². The molecule has 0 saturated carbocycles. The molecule has 0 bridgehead atoms. The molecule has 0 aliphatic rings. The fourth-order valence-corrected chi connectivity index (χ4v) is 0.992. The maximum absolute atomic E-state index is 4.18. The zero-order valence-corrected chi connectivity index (χ0v) is 11.2. The minimum atomic E-state index is 0. The van der Waals surface area contributed by atoms with Crippen LogP contribution in [0.2, 0.25) is 0 Å². The monoisotopic (exact) mass is 373 g/mol. The molecule has 2 N–H and O–H groups in total. The van der Waals surface area contributed by atoms with Gasteiger partial charge in [-0.2, -0.15) is 5.10 Å². The molecular formula is C9H11N5W. The summed E-state index contributed by atoms with van der Waals surface area (Å²) in [4.78, 5) is 8.13. The molecule has 6 heteroatoms. The summed E-state index contributed by atoms with van der Waals surface area (Å²) in [5.41, 5.74) is 1.65. The van der Waals surface area contributed by atoms with E-state index >= 15 is 0 Å². The third kappa shape index (κ3) is 3.13. The Morgan fingerprint density at radius 3 is 2.67 bits per heavy atom. The van der Waals surface area contributed by atoms with Gasteiger partial charge in [0.05, 0.1) is 11.4 Å². The van der Waals surface area contributed by atoms with Crippen molar-refractivity contribution in [3.05, 3.63) is 39.0 Å². The van der Waals surface area contributed by atoms with Crippen molar-refractivity contribution in [1.82, 2.24) is 20.2 Å². The largest absolute Gasteiger partial charge is 2.00 e. The second-order valence-electron chi connectivity index (χ2n) is 2.41. The second kappa shape index (κ2) is 6.30. The molecule has 0 saturated heterocycles. The summed E-state index contributed by atoms with van der Waals surface area (Å²) in [5, 5.41) is 9.27. The van der Waals surface area contributed by atoms with Gasteiger partial charge in [-0.3, -0.25) is 12.1 Å². The summed E-state index contributed by atoms with van der Waals surface area (Å²) in [6.07, 6.45) is 3.34. The van der Waals surface area contributed by atoms with Gasteiger partial charge in [-0.05, 0) is 12.1 Å². The smallest absolute Gasteiger partial charge is 0.507 e. The molecule has 0 spiro atoms. The zero-order valence-electron chi connectivity index (χ0n) is 8.27. The number of aromatic amines is 1. The number of aromatic nitrogens is 4. The molecule has 0 radical (unpaired) electrons. The van der Waals surface area contributed by atoms with E-state index in [0.29, 0.717) is 5.95 Å². The molecule has 2 heterocycles. The van der Waals surface area contributed by atoms with Gasteiger partial charge in [0.2, 0.25) is 0 Å². The van der Waals surface area contributed by atoms with Gasteiger partial charge in [0.25, 0.3) is 0 Å². The molecule has 2 rings (SSSR count). The number of nitrogens with one attached hydrogen (secondary N) is 2. The molecule has 78 valence electrons. The minimum absolute atomic E-state index is 0. The summed E-state index contributed by atoms with van der Waals surface area (Å²) in [7, 11) is 3.48. The fraction of sp³-hybridized carbons (Fsp3) is 0. The third-order valence-corrected chi connectivity index (χ3v) is 1.59. The van der Waals surface area contributed by atoms with Crippen LogP contribution < -0.4 is 5.32 Å². The molecule has 0 fully saturated rings. The SMILES string of the molecule is [CH2-]Nc1nccc(-c2ccn[nH]2)n1.[CH3-].[W+2]. The molecule has 2 aromatic rings. The van der Waals surface area contributed by atoms with Crippen molar-refractivity contribution in [3.8, 4) is 11.4 Å². The molecule has 0 unspecified atom stereocenters. The van der Waals surface area contributed by atoms with E-state index in [1.54, 1.807) is 18.5 Å². The van der Waals surface area contributed by atoms with E-state index in [1.807, 2.05) is 6.07 Å². The Labute approximate surface area is 103 Å². The average Bonchev–Trinajstić information content (AvgIpc) is 2.71. The van der Waals surface area contributed by atoms with Crippen molar-refractivity contribution in [2.75, 3.05) is 5.32 Å². The molecule has 0 aliphatic carbocycles. The van der Waals surface area contributed by atoms with Gasteiger partial charge in [-0.15, -0.1) is 0 Å². The van der Waals surface area contributed by atoms with E-state index in [4.69, 9.17) is 0 Å². The van der Waals surface area contributed by atoms with E-state index in [9.17, 15) is 0 Å². The topological polar surface area (TPSA) is 66.5 Å². The molecule has 0 amide bonds. The van der Waals surface area contributed by atoms with Crippen LogP contribution in [0.3, 0.4) is 0 Å². The van der Waals surface area contributed by atoms with Crippen LogP contribution in [0.15, 0.2) is 24.5 Å². The standard InChI is InChI=1S/C8H8N5.CH3.W/c1-9-8-10-4-2-6(12-8)7-3-5-11-13-7;;/h2-5H,1H2,(H,11,13)(H,9,10,12);1H3;/q2*-1;+2. The summed E-state index contributed by atoms with van der Waals surface area (Å²) in [6, 6.07) is 3.64. The van der Waals surface area contributed by atoms with Crippen LogP contribution in [0, 0.1) is 14.5 Å². The third-order valence-electron chi connectivity index (χ3n) is 1.59. The second-order valence-corrected chi connectivity index (χ2v) is 2.41. The predicted molar refractivity (Wildman–Crippen MR) is 55.0 cm³/mol. The Balaban J connectivity index is 0.000000980. The van der Waals surface area contributed by atoms with Crippen LogP contribution in [-0.2, 0) is 21.1 Å². The molecule has 15 heavy (non-hydrogen) atoms. The summed E-state index contributed by atoms with van der Waals surface area (Å²) < 4.78 is 0. The number of nitrogens with zero attached hydrogens (tertiary/aromatic N) is 3. The summed E-state index contributed by atoms with van der Waals surface area (Å²) in [6.45, 7) is 0. The van der Waals surface area contributed by atoms with E-state index in [1.165, 1.54) is 0 Å². The number of hydrogen-bond donors (Lipinski definition) is 2. The number of hydrogen-bond acceptors (Lipinski definition) is 4. The number of H-pyrrole nitrogens is 1. The van der Waals surface area contributed by atoms with Crippen molar-refractivity contribution in [1.29, 1.82) is 0 Å². The Kier molecular flexibility index (Phi) is 5.78. The first kappa shape index (κ1) is 13.8. The van der Waals surface area contributed by atoms with Crippen molar-refractivity contribution < 1.29 is 21.1 Å². The normalized spacial score (nSPS) is 8.60. The molecule has 0 atom stereocenters. The first-order chi connectivity index (χ1) is 6.40. The fourth-order valence-electron chi connectivity index (χ4n) is 0.992. The van der Waals surface area contributed by atoms with Crippen LogP contribution in [0.25, 0.3) is 11.4 Å². The predicted octanol–water partition coefficient (Wildman–Crippen LogP) is 1.52. The quantitative estimate of drug-likeness (QED) is 0.784. The van der Waals surface area contributed by atoms with Crippen molar-refractivity contribution in [2.24, 2.45) is 0 Å². The van der Waals surface area contributed by atoms with Crippen LogP contribution in [-0.4, -0.2) is 20.2 Å². The van der Waals surface area contributed by atoms with E-state index in [2.05, 4.69) is 32.5 Å². The molecule has 0 aliphatic heterocycles. The number of anilines is 1. The number of rotatable bonds is 2. The molecular weight excluding hydrogens is 362 g/mol. The van der Waals surface area contributed by atoms with E-state index < -0.39 is 0 Å². The van der Waals surface area contributed by atoms with Crippen LogP contribution in [0.5, 0.6) is 0 Å². The van der Waals surface area contributed by atoms with Gasteiger partial charge in [0, 0.05) is 12.4 Å². The van der Waals surface area contributed by atoms with Crippen molar-refractivity contribution in [2.45, 2.75) is 0 Å². The molecule has 0 aromatic carbocycles. The Morgan fingerprint density at radius 2 is 2.07 bits per heavy atom. The van der Waals surface area contributed by atoms with Gasteiger partial charge >= 0.3 is 21.1 Å². The van der Waals surface area contributed by atoms with Gasteiger partial charge in [0.15, 0.2) is 5.95 Å². The first-order valence-corrected chi connectivity index (χ1v) is 3.76. The Hall–Kier alpha value is -1.22. The molecule has 2 aromatic heterocycles. The summed E-state index contributed by atoms with van der Waals surface area (Å²) >= 11 is 0. The van der Waals surface area contributed by atoms with Crippen molar-refractivity contribution >= 4 is 5.95 Å². The van der Waals surface area contributed by atoms with Crippen LogP contribution in [0.4, 0.5) is 5.95 Å². The molecule has 5 nitrogen and oxygen atoms in total.